The molecule has 0 atom stereocenters. The molecule has 48 valence electrons. The van der Waals surface area contributed by atoms with Crippen LogP contribution in [0.4, 0.5) is 0 Å². The lowest BCUT2D eigenvalue weighted by molar-refractivity contribution is -0.807. The Kier molecular flexibility index (Phi) is 0.777. The second kappa shape index (κ2) is 1.46. The first-order valence-electron chi connectivity index (χ1n) is 2.95. The molecule has 1 aromatic rings. The van der Waals surface area contributed by atoms with Crippen LogP contribution < -0.4 is 4.90 Å². The van der Waals surface area contributed by atoms with E-state index in [-0.39, 0.29) is 0 Å². The molecular formula is C5H6N2O2. The molecule has 1 aliphatic rings. The third-order valence-corrected chi connectivity index (χ3v) is 1.61. The minimum Gasteiger partial charge on any atom is -0.359 e. The van der Waals surface area contributed by atoms with Crippen molar-refractivity contribution >= 4 is 0 Å². The molecule has 1 aliphatic carbocycles. The van der Waals surface area contributed by atoms with Crippen molar-refractivity contribution < 1.29 is 9.53 Å². The minimum absolute atomic E-state index is 0.502. The lowest BCUT2D eigenvalue weighted by Gasteiger charge is -1.85. The lowest BCUT2D eigenvalue weighted by Crippen LogP contribution is -2.27. The van der Waals surface area contributed by atoms with Crippen LogP contribution in [-0.2, 0) is 12.8 Å². The van der Waals surface area contributed by atoms with Crippen LogP contribution in [-0.4, -0.2) is 5.16 Å². The van der Waals surface area contributed by atoms with Crippen molar-refractivity contribution in [1.29, 1.82) is 0 Å². The van der Waals surface area contributed by atoms with E-state index >= 15 is 0 Å². The molecule has 1 aromatic heterocycles. The summed E-state index contributed by atoms with van der Waals surface area (Å²) in [7, 11) is 0. The smallest absolute Gasteiger partial charge is 0.221 e. The van der Waals surface area contributed by atoms with Gasteiger partial charge in [0.1, 0.15) is 0 Å². The van der Waals surface area contributed by atoms with Gasteiger partial charge in [0.05, 0.1) is 0 Å². The van der Waals surface area contributed by atoms with E-state index < -0.39 is 0 Å². The predicted molar refractivity (Wildman–Crippen MR) is 27.5 cm³/mol. The SMILES string of the molecule is [O-][n+]1onc2c1CCC2. The summed E-state index contributed by atoms with van der Waals surface area (Å²) in [6, 6.07) is 0. The highest BCUT2D eigenvalue weighted by atomic mass is 16.8. The first kappa shape index (κ1) is 4.78. The van der Waals surface area contributed by atoms with Crippen molar-refractivity contribution in [2.24, 2.45) is 0 Å². The highest BCUT2D eigenvalue weighted by molar-refractivity contribution is 5.09. The average Bonchev–Trinajstić information content (AvgIpc) is 2.35. The summed E-state index contributed by atoms with van der Waals surface area (Å²) >= 11 is 0. The molecule has 0 aliphatic heterocycles. The van der Waals surface area contributed by atoms with Gasteiger partial charge in [-0.3, -0.25) is 4.63 Å². The fourth-order valence-corrected chi connectivity index (χ4v) is 1.14. The normalized spacial score (nSPS) is 16.0. The maximum absolute atomic E-state index is 10.6. The number of hydrogen-bond acceptors (Lipinski definition) is 3. The van der Waals surface area contributed by atoms with Crippen molar-refractivity contribution in [2.75, 3.05) is 0 Å². The number of rotatable bonds is 0. The van der Waals surface area contributed by atoms with Gasteiger partial charge in [0.2, 0.25) is 5.69 Å². The van der Waals surface area contributed by atoms with Gasteiger partial charge in [-0.05, 0) is 11.3 Å². The van der Waals surface area contributed by atoms with Gasteiger partial charge in [0, 0.05) is 18.0 Å². The molecule has 0 N–H and O–H groups in total. The fraction of sp³-hybridized carbons (Fsp3) is 0.600. The van der Waals surface area contributed by atoms with Crippen molar-refractivity contribution in [3.63, 3.8) is 0 Å². The van der Waals surface area contributed by atoms with Gasteiger partial charge in [-0.15, -0.1) is 0 Å². The quantitative estimate of drug-likeness (QED) is 0.452. The molecule has 0 radical (unpaired) electrons. The van der Waals surface area contributed by atoms with Crippen molar-refractivity contribution in [1.82, 2.24) is 5.16 Å². The van der Waals surface area contributed by atoms with Crippen molar-refractivity contribution in [3.05, 3.63) is 16.6 Å². The van der Waals surface area contributed by atoms with E-state index in [1.807, 2.05) is 0 Å². The summed E-state index contributed by atoms with van der Waals surface area (Å²) in [5.41, 5.74) is 1.56. The zero-order valence-corrected chi connectivity index (χ0v) is 4.83. The summed E-state index contributed by atoms with van der Waals surface area (Å²) in [6.45, 7) is 0. The first-order chi connectivity index (χ1) is 4.38. The van der Waals surface area contributed by atoms with E-state index in [1.165, 1.54) is 0 Å². The Morgan fingerprint density at radius 1 is 1.56 bits per heavy atom. The molecule has 0 saturated carbocycles. The Bertz CT molecular complexity index is 231. The second-order valence-electron chi connectivity index (χ2n) is 2.18. The maximum Gasteiger partial charge on any atom is 0.221 e. The van der Waals surface area contributed by atoms with Crippen LogP contribution >= 0.6 is 0 Å². The van der Waals surface area contributed by atoms with Crippen LogP contribution in [0.2, 0.25) is 0 Å². The van der Waals surface area contributed by atoms with Crippen LogP contribution in [0.25, 0.3) is 0 Å². The molecule has 1 heterocycles. The Labute approximate surface area is 51.6 Å². The summed E-state index contributed by atoms with van der Waals surface area (Å²) in [5.74, 6) is 0. The molecule has 0 saturated heterocycles. The van der Waals surface area contributed by atoms with Gasteiger partial charge >= 0.3 is 0 Å². The standard InChI is InChI=1S/C5H6N2O2/c8-7-5-3-1-2-4(5)6-9-7/h1-3H2. The van der Waals surface area contributed by atoms with Crippen molar-refractivity contribution in [2.45, 2.75) is 19.3 Å². The highest BCUT2D eigenvalue weighted by Crippen LogP contribution is 2.14. The molecule has 4 nitrogen and oxygen atoms in total. The molecule has 0 amide bonds. The van der Waals surface area contributed by atoms with Gasteiger partial charge < -0.3 is 5.21 Å². The molecule has 0 unspecified atom stereocenters. The van der Waals surface area contributed by atoms with E-state index in [1.54, 1.807) is 0 Å². The zero-order valence-electron chi connectivity index (χ0n) is 4.83. The highest BCUT2D eigenvalue weighted by Gasteiger charge is 2.23. The maximum atomic E-state index is 10.6. The predicted octanol–water partition coefficient (Wildman–Crippen LogP) is -0.203. The Morgan fingerprint density at radius 3 is 3.22 bits per heavy atom. The third-order valence-electron chi connectivity index (χ3n) is 1.61. The number of nitrogens with zero attached hydrogens (tertiary/aromatic N) is 2. The number of aromatic nitrogens is 2. The van der Waals surface area contributed by atoms with E-state index in [4.69, 9.17) is 0 Å². The van der Waals surface area contributed by atoms with Crippen LogP contribution in [0.3, 0.4) is 0 Å². The van der Waals surface area contributed by atoms with Gasteiger partial charge in [0.15, 0.2) is 5.69 Å². The third kappa shape index (κ3) is 0.526. The van der Waals surface area contributed by atoms with Gasteiger partial charge in [-0.25, -0.2) is 0 Å². The molecule has 2 rings (SSSR count). The van der Waals surface area contributed by atoms with Crippen molar-refractivity contribution in [3.8, 4) is 0 Å². The van der Waals surface area contributed by atoms with E-state index in [9.17, 15) is 5.21 Å². The summed E-state index contributed by atoms with van der Waals surface area (Å²) in [6.07, 6.45) is 2.76. The minimum atomic E-state index is 0.502. The zero-order chi connectivity index (χ0) is 6.27. The van der Waals surface area contributed by atoms with Gasteiger partial charge in [-0.1, -0.05) is 0 Å². The molecule has 0 aromatic carbocycles. The Hall–Kier alpha value is -1.06. The topological polar surface area (TPSA) is 53.0 Å². The molecule has 9 heavy (non-hydrogen) atoms. The number of fused-ring (bicyclic) bond motifs is 1. The molecular weight excluding hydrogens is 120 g/mol. The van der Waals surface area contributed by atoms with Gasteiger partial charge in [-0.2, -0.15) is 0 Å². The largest absolute Gasteiger partial charge is 0.359 e. The molecule has 0 bridgehead atoms. The Balaban J connectivity index is 2.56. The molecule has 0 fully saturated rings. The fourth-order valence-electron chi connectivity index (χ4n) is 1.14. The van der Waals surface area contributed by atoms with Crippen LogP contribution in [0.1, 0.15) is 17.8 Å². The molecule has 0 spiro atoms. The second-order valence-corrected chi connectivity index (χ2v) is 2.18. The average molecular weight is 126 g/mol. The van der Waals surface area contributed by atoms with E-state index in [0.29, 0.717) is 4.90 Å². The number of aryl methyl sites for hydroxylation is 1. The monoisotopic (exact) mass is 126 g/mol. The summed E-state index contributed by atoms with van der Waals surface area (Å²) in [5, 5.41) is 14.2. The summed E-state index contributed by atoms with van der Waals surface area (Å²) < 4.78 is 4.35. The lowest BCUT2D eigenvalue weighted by atomic mass is 10.4. The van der Waals surface area contributed by atoms with Gasteiger partial charge in [0.25, 0.3) is 0 Å². The molecule has 4 heteroatoms. The van der Waals surface area contributed by atoms with E-state index in [0.717, 1.165) is 30.7 Å². The summed E-state index contributed by atoms with van der Waals surface area (Å²) in [4.78, 5) is 0.502. The first-order valence-corrected chi connectivity index (χ1v) is 2.95. The van der Waals surface area contributed by atoms with Crippen LogP contribution in [0.15, 0.2) is 4.63 Å². The number of hydrogen-bond donors (Lipinski definition) is 0. The van der Waals surface area contributed by atoms with Crippen LogP contribution in [0.5, 0.6) is 0 Å². The van der Waals surface area contributed by atoms with Crippen LogP contribution in [0, 0.1) is 5.21 Å². The van der Waals surface area contributed by atoms with E-state index in [2.05, 4.69) is 9.79 Å². The Morgan fingerprint density at radius 2 is 2.44 bits per heavy atom.